The molecule has 0 saturated heterocycles. The van der Waals surface area contributed by atoms with Crippen LogP contribution in [0.3, 0.4) is 0 Å². The molecule has 0 spiro atoms. The third-order valence-corrected chi connectivity index (χ3v) is 8.00. The molecule has 0 aliphatic heterocycles. The zero-order valence-corrected chi connectivity index (χ0v) is 20.2. The number of benzene rings is 1. The molecule has 1 saturated carbocycles. The van der Waals surface area contributed by atoms with Gasteiger partial charge in [0.2, 0.25) is 10.0 Å². The molecular weight excluding hydrogens is 484 g/mol. The Morgan fingerprint density at radius 3 is 2.40 bits per heavy atom. The molecule has 6 nitrogen and oxygen atoms in total. The van der Waals surface area contributed by atoms with Crippen LogP contribution < -0.4 is 4.72 Å². The molecule has 1 N–H and O–H groups in total. The van der Waals surface area contributed by atoms with Gasteiger partial charge in [-0.2, -0.15) is 23.2 Å². The number of aryl methyl sites for hydroxylation is 2. The van der Waals surface area contributed by atoms with Crippen LogP contribution in [0.2, 0.25) is 0 Å². The average molecular weight is 509 g/mol. The van der Waals surface area contributed by atoms with Crippen molar-refractivity contribution in [3.63, 3.8) is 0 Å². The van der Waals surface area contributed by atoms with Crippen LogP contribution in [0, 0.1) is 31.0 Å². The van der Waals surface area contributed by atoms with Gasteiger partial charge in [-0.1, -0.05) is 12.8 Å². The minimum Gasteiger partial charge on any atom is -0.335 e. The Bertz CT molecular complexity index is 1450. The first-order valence-corrected chi connectivity index (χ1v) is 12.6. The number of nitrogens with one attached hydrogen (secondary N) is 1. The Morgan fingerprint density at radius 2 is 1.83 bits per heavy atom. The van der Waals surface area contributed by atoms with Gasteiger partial charge >= 0.3 is 6.18 Å². The van der Waals surface area contributed by atoms with Gasteiger partial charge in [-0.15, -0.1) is 0 Å². The Balaban J connectivity index is 1.90. The van der Waals surface area contributed by atoms with E-state index in [1.807, 2.05) is 4.57 Å². The van der Waals surface area contributed by atoms with Crippen molar-refractivity contribution in [2.75, 3.05) is 0 Å². The van der Waals surface area contributed by atoms with E-state index < -0.39 is 33.0 Å². The van der Waals surface area contributed by atoms with Crippen molar-refractivity contribution in [2.24, 2.45) is 0 Å². The van der Waals surface area contributed by atoms with Gasteiger partial charge in [-0.05, 0) is 62.9 Å². The number of sulfonamides is 1. The molecule has 0 amide bonds. The van der Waals surface area contributed by atoms with E-state index in [2.05, 4.69) is 11.1 Å². The summed E-state index contributed by atoms with van der Waals surface area (Å²) in [6, 6.07) is 4.20. The summed E-state index contributed by atoms with van der Waals surface area (Å²) in [5.41, 5.74) is 2.49. The van der Waals surface area contributed by atoms with Gasteiger partial charge in [-0.3, -0.25) is 4.98 Å². The van der Waals surface area contributed by atoms with E-state index in [0.717, 1.165) is 31.9 Å². The number of hydrogen-bond donors (Lipinski definition) is 1. The molecule has 1 aromatic carbocycles. The monoisotopic (exact) mass is 508 g/mol. The Kier molecular flexibility index (Phi) is 6.40. The molecule has 186 valence electrons. The van der Waals surface area contributed by atoms with Gasteiger partial charge in [-0.25, -0.2) is 12.8 Å². The standard InChI is InChI=1S/C24H24F4N4O2S/c1-13-9-21-18(10-20(13)25)19(11-29)23(32(21)16-6-4-5-7-16)22-14(2)8-17(12-30-22)35(33,34)31-15(3)24(26,27)28/h8-10,12,15-16,31H,4-7H2,1-3H3/t15-/m0/s1. The van der Waals surface area contributed by atoms with Crippen LogP contribution in [0.4, 0.5) is 17.6 Å². The SMILES string of the molecule is Cc1cc2c(cc1F)c(C#N)c(-c1ncc(S(=O)(=O)N[C@@H](C)C(F)(F)F)cc1C)n2C1CCCC1. The lowest BCUT2D eigenvalue weighted by molar-refractivity contribution is -0.147. The van der Waals surface area contributed by atoms with E-state index in [1.165, 1.54) is 12.1 Å². The maximum atomic E-state index is 14.4. The number of aromatic nitrogens is 2. The Hall–Kier alpha value is -2.97. The Morgan fingerprint density at radius 1 is 1.17 bits per heavy atom. The highest BCUT2D eigenvalue weighted by Crippen LogP contribution is 2.42. The highest BCUT2D eigenvalue weighted by molar-refractivity contribution is 7.89. The molecule has 0 radical (unpaired) electrons. The van der Waals surface area contributed by atoms with Crippen LogP contribution >= 0.6 is 0 Å². The number of hydrogen-bond acceptors (Lipinski definition) is 4. The number of halogens is 4. The van der Waals surface area contributed by atoms with Crippen LogP contribution in [-0.2, 0) is 10.0 Å². The predicted molar refractivity (Wildman–Crippen MR) is 123 cm³/mol. The first-order valence-electron chi connectivity index (χ1n) is 11.2. The second-order valence-electron chi connectivity index (χ2n) is 8.98. The van der Waals surface area contributed by atoms with E-state index in [0.29, 0.717) is 40.3 Å². The molecule has 1 aliphatic rings. The topological polar surface area (TPSA) is 87.8 Å². The minimum atomic E-state index is -4.74. The van der Waals surface area contributed by atoms with Crippen molar-refractivity contribution >= 4 is 20.9 Å². The number of fused-ring (bicyclic) bond motifs is 1. The number of nitriles is 1. The second-order valence-corrected chi connectivity index (χ2v) is 10.7. The third kappa shape index (κ3) is 4.52. The van der Waals surface area contributed by atoms with Crippen molar-refractivity contribution in [3.8, 4) is 17.5 Å². The van der Waals surface area contributed by atoms with E-state index in [-0.39, 0.29) is 11.6 Å². The van der Waals surface area contributed by atoms with Crippen molar-refractivity contribution in [2.45, 2.75) is 69.6 Å². The van der Waals surface area contributed by atoms with Crippen LogP contribution in [0.25, 0.3) is 22.3 Å². The largest absolute Gasteiger partial charge is 0.404 e. The summed E-state index contributed by atoms with van der Waals surface area (Å²) in [6.45, 7) is 3.94. The van der Waals surface area contributed by atoms with Gasteiger partial charge in [0.25, 0.3) is 0 Å². The maximum absolute atomic E-state index is 14.4. The lowest BCUT2D eigenvalue weighted by Crippen LogP contribution is -2.43. The summed E-state index contributed by atoms with van der Waals surface area (Å²) in [7, 11) is -4.50. The van der Waals surface area contributed by atoms with Crippen LogP contribution in [0.15, 0.2) is 29.3 Å². The molecule has 2 aromatic heterocycles. The molecule has 1 atom stereocenters. The summed E-state index contributed by atoms with van der Waals surface area (Å²) >= 11 is 0. The lowest BCUT2D eigenvalue weighted by Gasteiger charge is -2.20. The van der Waals surface area contributed by atoms with E-state index in [4.69, 9.17) is 0 Å². The summed E-state index contributed by atoms with van der Waals surface area (Å²) < 4.78 is 81.8. The number of pyridine rings is 1. The zero-order chi connectivity index (χ0) is 25.7. The molecule has 35 heavy (non-hydrogen) atoms. The van der Waals surface area contributed by atoms with Crippen LogP contribution in [0.1, 0.15) is 55.3 Å². The van der Waals surface area contributed by atoms with Crippen molar-refractivity contribution in [1.29, 1.82) is 5.26 Å². The Labute approximate surface area is 200 Å². The molecule has 2 heterocycles. The van der Waals surface area contributed by atoms with Gasteiger partial charge in [0.15, 0.2) is 0 Å². The van der Waals surface area contributed by atoms with E-state index >= 15 is 0 Å². The van der Waals surface area contributed by atoms with Gasteiger partial charge in [0, 0.05) is 17.6 Å². The first-order chi connectivity index (χ1) is 16.3. The van der Waals surface area contributed by atoms with Gasteiger partial charge in [0.1, 0.15) is 22.8 Å². The molecule has 0 bridgehead atoms. The average Bonchev–Trinajstić information content (AvgIpc) is 3.39. The quantitative estimate of drug-likeness (QED) is 0.450. The second kappa shape index (κ2) is 8.91. The summed E-state index contributed by atoms with van der Waals surface area (Å²) in [4.78, 5) is 3.88. The molecule has 1 aliphatic carbocycles. The number of rotatable bonds is 5. The molecular formula is C24H24F4N4O2S. The highest BCUT2D eigenvalue weighted by Gasteiger charge is 2.39. The van der Waals surface area contributed by atoms with E-state index in [1.54, 1.807) is 24.6 Å². The normalized spacial score (nSPS) is 16.1. The van der Waals surface area contributed by atoms with Gasteiger partial charge in [0.05, 0.1) is 22.5 Å². The van der Waals surface area contributed by atoms with Crippen LogP contribution in [0.5, 0.6) is 0 Å². The highest BCUT2D eigenvalue weighted by atomic mass is 32.2. The number of alkyl halides is 3. The van der Waals surface area contributed by atoms with Gasteiger partial charge < -0.3 is 4.57 Å². The van der Waals surface area contributed by atoms with Crippen LogP contribution in [-0.4, -0.2) is 30.2 Å². The molecule has 0 unspecified atom stereocenters. The fourth-order valence-electron chi connectivity index (χ4n) is 4.63. The van der Waals surface area contributed by atoms with Crippen molar-refractivity contribution < 1.29 is 26.0 Å². The molecule has 11 heteroatoms. The van der Waals surface area contributed by atoms with E-state index in [9.17, 15) is 31.2 Å². The first kappa shape index (κ1) is 25.1. The maximum Gasteiger partial charge on any atom is 0.404 e. The summed E-state index contributed by atoms with van der Waals surface area (Å²) in [5.74, 6) is -0.444. The minimum absolute atomic E-state index is 0.0540. The number of nitrogens with zero attached hydrogens (tertiary/aromatic N) is 3. The predicted octanol–water partition coefficient (Wildman–Crippen LogP) is 5.68. The molecule has 3 aromatic rings. The fraction of sp³-hybridized carbons (Fsp3) is 0.417. The zero-order valence-electron chi connectivity index (χ0n) is 19.4. The molecule has 1 fully saturated rings. The summed E-state index contributed by atoms with van der Waals surface area (Å²) in [5, 5.41) is 10.5. The fourth-order valence-corrected chi connectivity index (χ4v) is 5.89. The van der Waals surface area contributed by atoms with Crippen molar-refractivity contribution in [1.82, 2.24) is 14.3 Å². The summed E-state index contributed by atoms with van der Waals surface area (Å²) in [6.07, 6.45) is -0.0349. The third-order valence-electron chi connectivity index (χ3n) is 6.50. The lowest BCUT2D eigenvalue weighted by atomic mass is 10.1. The smallest absolute Gasteiger partial charge is 0.335 e. The molecule has 4 rings (SSSR count). The van der Waals surface area contributed by atoms with Crippen molar-refractivity contribution in [3.05, 3.63) is 46.9 Å².